The first-order valence-corrected chi connectivity index (χ1v) is 15.7. The predicted octanol–water partition coefficient (Wildman–Crippen LogP) is 8.77. The first-order valence-electron chi connectivity index (χ1n) is 13.2. The van der Waals surface area contributed by atoms with E-state index in [9.17, 15) is 0 Å². The summed E-state index contributed by atoms with van der Waals surface area (Å²) in [6, 6.07) is 9.71. The van der Waals surface area contributed by atoms with Crippen LogP contribution < -0.4 is 20.4 Å². The molecule has 0 aliphatic carbocycles. The van der Waals surface area contributed by atoms with E-state index in [2.05, 4.69) is 145 Å². The van der Waals surface area contributed by atoms with Gasteiger partial charge in [-0.05, 0) is 83.9 Å². The lowest BCUT2D eigenvalue weighted by atomic mass is 9.80. The quantitative estimate of drug-likeness (QED) is 0.367. The van der Waals surface area contributed by atoms with Gasteiger partial charge in [0, 0.05) is 50.2 Å². The van der Waals surface area contributed by atoms with E-state index in [0.29, 0.717) is 0 Å². The first-order chi connectivity index (χ1) is 16.0. The van der Waals surface area contributed by atoms with Gasteiger partial charge < -0.3 is 9.80 Å². The highest BCUT2D eigenvalue weighted by Crippen LogP contribution is 2.39. The van der Waals surface area contributed by atoms with Crippen molar-refractivity contribution < 1.29 is 0 Å². The second kappa shape index (κ2) is 10.4. The summed E-state index contributed by atoms with van der Waals surface area (Å²) in [5.41, 5.74) is 8.72. The summed E-state index contributed by atoms with van der Waals surface area (Å²) in [5.74, 6) is 0. The third-order valence-electron chi connectivity index (χ3n) is 6.70. The van der Waals surface area contributed by atoms with Crippen LogP contribution in [0.2, 0.25) is 0 Å². The van der Waals surface area contributed by atoms with Crippen molar-refractivity contribution in [1.82, 2.24) is 0 Å². The summed E-state index contributed by atoms with van der Waals surface area (Å²) in [6.07, 6.45) is 0. The fourth-order valence-electron chi connectivity index (χ4n) is 4.36. The molecule has 0 aromatic heterocycles. The number of hydrogen-bond acceptors (Lipinski definition) is 2. The number of anilines is 2. The second-order valence-corrected chi connectivity index (χ2v) is 17.3. The summed E-state index contributed by atoms with van der Waals surface area (Å²) >= 11 is 0. The van der Waals surface area contributed by atoms with Crippen LogP contribution in [0, 0.1) is 0 Å². The molecule has 0 fully saturated rings. The predicted molar refractivity (Wildman–Crippen MR) is 169 cm³/mol. The van der Waals surface area contributed by atoms with E-state index < -0.39 is 0 Å². The Labute approximate surface area is 226 Å². The number of nitrogens with zero attached hydrogens (tertiary/aromatic N) is 2. The molecule has 0 N–H and O–H groups in total. The van der Waals surface area contributed by atoms with E-state index in [1.807, 2.05) is 0 Å². The Balaban J connectivity index is 3.01. The molecular weight excluding hydrogens is 474 g/mol. The molecule has 0 saturated heterocycles. The van der Waals surface area contributed by atoms with Gasteiger partial charge in [0.25, 0.3) is 0 Å². The van der Waals surface area contributed by atoms with Crippen LogP contribution in [0.15, 0.2) is 24.3 Å². The van der Waals surface area contributed by atoms with Crippen molar-refractivity contribution in [1.29, 1.82) is 0 Å². The minimum Gasteiger partial charge on any atom is -0.378 e. The van der Waals surface area contributed by atoms with Crippen LogP contribution >= 0.6 is 15.7 Å². The molecule has 0 aliphatic rings. The smallest absolute Gasteiger partial charge is 0.0367 e. The normalized spacial score (nSPS) is 13.4. The van der Waals surface area contributed by atoms with Gasteiger partial charge in [0.2, 0.25) is 0 Å². The number of rotatable bonds is 4. The molecule has 0 unspecified atom stereocenters. The Morgan fingerprint density at radius 2 is 0.611 bits per heavy atom. The Bertz CT molecular complexity index is 953. The van der Waals surface area contributed by atoms with Crippen molar-refractivity contribution in [2.45, 2.75) is 105 Å². The standard InChI is InChI=1S/C32H52N2P2/c1-29(2,3)23-17-21(33(13)14)18-24(30(4,5)6)27(23)35-36-28-25(31(7,8)9)19-22(34(15)16)20-26(28)32(10,11)12/h17-20H,1-16H3. The molecule has 36 heavy (non-hydrogen) atoms. The van der Waals surface area contributed by atoms with Gasteiger partial charge >= 0.3 is 0 Å². The fourth-order valence-corrected chi connectivity index (χ4v) is 8.48. The zero-order valence-corrected chi connectivity index (χ0v) is 27.9. The summed E-state index contributed by atoms with van der Waals surface area (Å²) in [7, 11) is 11.3. The molecule has 0 amide bonds. The van der Waals surface area contributed by atoms with E-state index in [4.69, 9.17) is 0 Å². The molecule has 0 heterocycles. The maximum Gasteiger partial charge on any atom is 0.0367 e. The zero-order valence-electron chi connectivity index (χ0n) is 26.1. The monoisotopic (exact) mass is 526 g/mol. The molecule has 0 atom stereocenters. The van der Waals surface area contributed by atoms with Crippen molar-refractivity contribution in [3.8, 4) is 0 Å². The highest BCUT2D eigenvalue weighted by atomic mass is 31.7. The van der Waals surface area contributed by atoms with Crippen LogP contribution in [0.4, 0.5) is 11.4 Å². The van der Waals surface area contributed by atoms with Gasteiger partial charge in [0.1, 0.15) is 0 Å². The SMILES string of the molecule is CN(C)c1cc(C(C)(C)C)c(P=Pc2c(C(C)(C)C)cc(N(C)C)cc2C(C)(C)C)c(C(C)(C)C)c1. The average molecular weight is 527 g/mol. The number of hydrogen-bond donors (Lipinski definition) is 0. The summed E-state index contributed by atoms with van der Waals surface area (Å²) in [4.78, 5) is 4.50. The summed E-state index contributed by atoms with van der Waals surface area (Å²) in [5, 5.41) is 3.00. The lowest BCUT2D eigenvalue weighted by Gasteiger charge is -2.32. The maximum absolute atomic E-state index is 2.43. The number of benzene rings is 2. The molecule has 2 aromatic carbocycles. The summed E-state index contributed by atoms with van der Waals surface area (Å²) in [6.45, 7) is 28.3. The van der Waals surface area contributed by atoms with Crippen LogP contribution in [-0.4, -0.2) is 28.2 Å². The highest BCUT2D eigenvalue weighted by molar-refractivity contribution is 7.91. The molecule has 2 aromatic rings. The topological polar surface area (TPSA) is 6.48 Å². The first kappa shape index (κ1) is 30.9. The molecule has 200 valence electrons. The van der Waals surface area contributed by atoms with Crippen molar-refractivity contribution in [3.63, 3.8) is 0 Å². The fraction of sp³-hybridized carbons (Fsp3) is 0.625. The average Bonchev–Trinajstić information content (AvgIpc) is 2.67. The van der Waals surface area contributed by atoms with Gasteiger partial charge in [-0.1, -0.05) is 83.1 Å². The highest BCUT2D eigenvalue weighted by Gasteiger charge is 2.29. The van der Waals surface area contributed by atoms with Crippen LogP contribution in [-0.2, 0) is 21.7 Å². The van der Waals surface area contributed by atoms with Crippen LogP contribution in [0.3, 0.4) is 0 Å². The molecule has 0 saturated carbocycles. The molecule has 2 nitrogen and oxygen atoms in total. The lowest BCUT2D eigenvalue weighted by Crippen LogP contribution is -2.29. The van der Waals surface area contributed by atoms with Crippen LogP contribution in [0.1, 0.15) is 105 Å². The minimum atomic E-state index is 0.0678. The second-order valence-electron chi connectivity index (χ2n) is 14.8. The van der Waals surface area contributed by atoms with Crippen molar-refractivity contribution in [2.24, 2.45) is 0 Å². The molecule has 0 spiro atoms. The van der Waals surface area contributed by atoms with E-state index in [1.165, 1.54) is 60.0 Å². The Morgan fingerprint density at radius 1 is 0.417 bits per heavy atom. The van der Waals surface area contributed by atoms with Crippen LogP contribution in [0.5, 0.6) is 0 Å². The molecule has 4 heteroatoms. The van der Waals surface area contributed by atoms with E-state index >= 15 is 0 Å². The largest absolute Gasteiger partial charge is 0.378 e. The zero-order chi connectivity index (χ0) is 28.0. The van der Waals surface area contributed by atoms with Crippen molar-refractivity contribution in [3.05, 3.63) is 46.5 Å². The third kappa shape index (κ3) is 7.14. The molecular formula is C32H52N2P2. The van der Waals surface area contributed by atoms with Gasteiger partial charge in [-0.15, -0.1) is 0 Å². The van der Waals surface area contributed by atoms with Gasteiger partial charge in [0.15, 0.2) is 0 Å². The lowest BCUT2D eigenvalue weighted by molar-refractivity contribution is 0.575. The summed E-state index contributed by atoms with van der Waals surface area (Å²) < 4.78 is 0. The Morgan fingerprint density at radius 3 is 0.750 bits per heavy atom. The van der Waals surface area contributed by atoms with Gasteiger partial charge in [0.05, 0.1) is 0 Å². The minimum absolute atomic E-state index is 0.0678. The van der Waals surface area contributed by atoms with Crippen molar-refractivity contribution in [2.75, 3.05) is 38.0 Å². The van der Waals surface area contributed by atoms with E-state index in [1.54, 1.807) is 0 Å². The van der Waals surface area contributed by atoms with Gasteiger partial charge in [-0.25, -0.2) is 0 Å². The van der Waals surface area contributed by atoms with Gasteiger partial charge in [-0.2, -0.15) is 0 Å². The Hall–Kier alpha value is -1.36. The molecule has 0 radical (unpaired) electrons. The Kier molecular flexibility index (Phi) is 8.93. The maximum atomic E-state index is 2.43. The van der Waals surface area contributed by atoms with E-state index in [-0.39, 0.29) is 21.7 Å². The molecule has 2 rings (SSSR count). The molecule has 0 aliphatic heterocycles. The molecule has 0 bridgehead atoms. The van der Waals surface area contributed by atoms with Crippen molar-refractivity contribution >= 4 is 37.7 Å². The van der Waals surface area contributed by atoms with E-state index in [0.717, 1.165) is 0 Å². The third-order valence-corrected chi connectivity index (χ3v) is 9.67. The van der Waals surface area contributed by atoms with Crippen LogP contribution in [0.25, 0.3) is 0 Å². The van der Waals surface area contributed by atoms with Gasteiger partial charge in [-0.3, -0.25) is 0 Å².